The van der Waals surface area contributed by atoms with Gasteiger partial charge in [0.1, 0.15) is 0 Å². The van der Waals surface area contributed by atoms with Crippen LogP contribution in [0.2, 0.25) is 0 Å². The number of benzene rings is 1. The van der Waals surface area contributed by atoms with Crippen molar-refractivity contribution >= 4 is 22.6 Å². The number of fused-ring (bicyclic) bond motifs is 1. The third kappa shape index (κ3) is 2.51. The van der Waals surface area contributed by atoms with Crippen molar-refractivity contribution in [2.75, 3.05) is 18.4 Å². The zero-order chi connectivity index (χ0) is 15.7. The number of aliphatic hydroxyl groups is 1. The number of β-amino-alcohol motifs (C(OH)–C–C–N with tert-alkyl or cyclic N) is 1. The first-order chi connectivity index (χ1) is 10.5. The molecule has 1 aromatic carbocycles. The molecule has 22 heavy (non-hydrogen) atoms. The number of nitrogens with zero attached hydrogens (tertiary/aromatic N) is 3. The Bertz CT molecular complexity index is 761. The third-order valence-electron chi connectivity index (χ3n) is 4.20. The van der Waals surface area contributed by atoms with Crippen molar-refractivity contribution < 1.29 is 9.90 Å². The summed E-state index contributed by atoms with van der Waals surface area (Å²) < 4.78 is 1.99. The number of nitriles is 1. The van der Waals surface area contributed by atoms with E-state index in [-0.39, 0.29) is 19.0 Å². The zero-order valence-corrected chi connectivity index (χ0v) is 12.4. The minimum absolute atomic E-state index is 0.0467. The van der Waals surface area contributed by atoms with Gasteiger partial charge in [-0.05, 0) is 24.6 Å². The van der Waals surface area contributed by atoms with E-state index in [0.717, 1.165) is 16.6 Å². The number of hydrogen-bond donors (Lipinski definition) is 2. The van der Waals surface area contributed by atoms with Gasteiger partial charge in [-0.1, -0.05) is 6.07 Å². The van der Waals surface area contributed by atoms with Gasteiger partial charge in [0.2, 0.25) is 0 Å². The molecule has 6 nitrogen and oxygen atoms in total. The first-order valence-electron chi connectivity index (χ1n) is 7.22. The quantitative estimate of drug-likeness (QED) is 0.890. The fourth-order valence-electron chi connectivity index (χ4n) is 2.93. The van der Waals surface area contributed by atoms with E-state index in [1.807, 2.05) is 48.1 Å². The van der Waals surface area contributed by atoms with Crippen LogP contribution in [0, 0.1) is 11.3 Å². The van der Waals surface area contributed by atoms with Crippen LogP contribution in [0.5, 0.6) is 0 Å². The number of aryl methyl sites for hydroxylation is 1. The third-order valence-corrected chi connectivity index (χ3v) is 4.20. The number of urea groups is 1. The van der Waals surface area contributed by atoms with Gasteiger partial charge in [0.15, 0.2) is 0 Å². The number of nitrogens with one attached hydrogen (secondary N) is 1. The van der Waals surface area contributed by atoms with E-state index in [9.17, 15) is 9.90 Å². The van der Waals surface area contributed by atoms with Gasteiger partial charge in [-0.15, -0.1) is 0 Å². The summed E-state index contributed by atoms with van der Waals surface area (Å²) in [6.45, 7) is 0.645. The lowest BCUT2D eigenvalue weighted by atomic mass is 10.0. The van der Waals surface area contributed by atoms with E-state index in [1.54, 1.807) is 4.90 Å². The second-order valence-electron chi connectivity index (χ2n) is 5.83. The molecule has 114 valence electrons. The number of rotatable bonds is 2. The predicted molar refractivity (Wildman–Crippen MR) is 83.3 cm³/mol. The molecule has 6 heteroatoms. The summed E-state index contributed by atoms with van der Waals surface area (Å²) in [5.74, 6) is 0. The van der Waals surface area contributed by atoms with Crippen LogP contribution in [0.1, 0.15) is 12.8 Å². The average molecular weight is 298 g/mol. The zero-order valence-electron chi connectivity index (χ0n) is 12.4. The van der Waals surface area contributed by atoms with Gasteiger partial charge < -0.3 is 19.9 Å². The lowest BCUT2D eigenvalue weighted by Gasteiger charge is -2.21. The molecule has 0 saturated carbocycles. The first kappa shape index (κ1) is 14.4. The summed E-state index contributed by atoms with van der Waals surface area (Å²) >= 11 is 0. The summed E-state index contributed by atoms with van der Waals surface area (Å²) in [4.78, 5) is 13.9. The molecule has 1 unspecified atom stereocenters. The largest absolute Gasteiger partial charge is 0.387 e. The Morgan fingerprint density at radius 3 is 3.09 bits per heavy atom. The highest BCUT2D eigenvalue weighted by Crippen LogP contribution is 2.27. The van der Waals surface area contributed by atoms with Crippen molar-refractivity contribution in [3.63, 3.8) is 0 Å². The fraction of sp³-hybridized carbons (Fsp3) is 0.375. The molecule has 1 aliphatic heterocycles. The van der Waals surface area contributed by atoms with E-state index in [4.69, 9.17) is 5.26 Å². The van der Waals surface area contributed by atoms with Gasteiger partial charge in [-0.2, -0.15) is 5.26 Å². The molecule has 2 aromatic rings. The minimum atomic E-state index is -1.08. The molecule has 1 atom stereocenters. The van der Waals surface area contributed by atoms with Crippen molar-refractivity contribution in [1.82, 2.24) is 9.47 Å². The van der Waals surface area contributed by atoms with Gasteiger partial charge in [0.05, 0.1) is 30.3 Å². The topological polar surface area (TPSA) is 81.3 Å². The fourth-order valence-corrected chi connectivity index (χ4v) is 2.93. The number of carbonyl (C=O) groups is 1. The molecule has 1 fully saturated rings. The Hall–Kier alpha value is -2.52. The Kier molecular flexibility index (Phi) is 3.51. The average Bonchev–Trinajstić information content (AvgIpc) is 3.05. The van der Waals surface area contributed by atoms with Crippen molar-refractivity contribution in [2.45, 2.75) is 18.4 Å². The minimum Gasteiger partial charge on any atom is -0.387 e. The number of likely N-dealkylation sites (tertiary alicyclic amines) is 1. The maximum Gasteiger partial charge on any atom is 0.321 e. The smallest absolute Gasteiger partial charge is 0.321 e. The second kappa shape index (κ2) is 5.35. The van der Waals surface area contributed by atoms with E-state index < -0.39 is 5.60 Å². The summed E-state index contributed by atoms with van der Waals surface area (Å²) in [5.41, 5.74) is 0.712. The van der Waals surface area contributed by atoms with Gasteiger partial charge in [0, 0.05) is 30.7 Å². The molecule has 2 heterocycles. The summed E-state index contributed by atoms with van der Waals surface area (Å²) in [6.07, 6.45) is 2.43. The Balaban J connectivity index is 1.76. The second-order valence-corrected chi connectivity index (χ2v) is 5.83. The summed E-state index contributed by atoms with van der Waals surface area (Å²) in [6, 6.07) is 9.44. The highest BCUT2D eigenvalue weighted by molar-refractivity contribution is 6.01. The van der Waals surface area contributed by atoms with E-state index in [0.29, 0.717) is 13.0 Å². The van der Waals surface area contributed by atoms with Crippen LogP contribution >= 0.6 is 0 Å². The highest BCUT2D eigenvalue weighted by atomic mass is 16.3. The molecular weight excluding hydrogens is 280 g/mol. The van der Waals surface area contributed by atoms with Crippen molar-refractivity contribution in [2.24, 2.45) is 7.05 Å². The standard InChI is InChI=1S/C16H18N4O2/c1-19-9-5-12-13(3-2-4-14(12)19)18-15(21)20-10-7-16(22,11-20)6-8-17/h2-5,9,22H,6-7,10-11H2,1H3,(H,18,21). The lowest BCUT2D eigenvalue weighted by Crippen LogP contribution is -2.38. The molecule has 1 saturated heterocycles. The molecule has 0 spiro atoms. The van der Waals surface area contributed by atoms with Gasteiger partial charge in [-0.25, -0.2) is 4.79 Å². The molecule has 0 aliphatic carbocycles. The lowest BCUT2D eigenvalue weighted by molar-refractivity contribution is 0.0578. The Morgan fingerprint density at radius 2 is 2.32 bits per heavy atom. The van der Waals surface area contributed by atoms with Crippen LogP contribution in [0.15, 0.2) is 30.5 Å². The van der Waals surface area contributed by atoms with Crippen LogP contribution in [-0.4, -0.2) is 39.3 Å². The van der Waals surface area contributed by atoms with Crippen LogP contribution in [-0.2, 0) is 7.05 Å². The van der Waals surface area contributed by atoms with Gasteiger partial charge >= 0.3 is 6.03 Å². The van der Waals surface area contributed by atoms with Gasteiger partial charge in [0.25, 0.3) is 0 Å². The van der Waals surface area contributed by atoms with E-state index in [2.05, 4.69) is 5.32 Å². The number of hydrogen-bond acceptors (Lipinski definition) is 3. The van der Waals surface area contributed by atoms with E-state index >= 15 is 0 Å². The number of anilines is 1. The maximum absolute atomic E-state index is 12.4. The molecule has 1 aliphatic rings. The SMILES string of the molecule is Cn1ccc2c(NC(=O)N3CCC(O)(CC#N)C3)cccc21. The van der Waals surface area contributed by atoms with Crippen molar-refractivity contribution in [3.8, 4) is 6.07 Å². The van der Waals surface area contributed by atoms with Crippen LogP contribution < -0.4 is 5.32 Å². The number of amides is 2. The molecular formula is C16H18N4O2. The summed E-state index contributed by atoms with van der Waals surface area (Å²) in [5, 5.41) is 22.8. The maximum atomic E-state index is 12.4. The van der Waals surface area contributed by atoms with Crippen molar-refractivity contribution in [3.05, 3.63) is 30.5 Å². The van der Waals surface area contributed by atoms with Crippen molar-refractivity contribution in [1.29, 1.82) is 5.26 Å². The normalized spacial score (nSPS) is 21.0. The molecule has 1 aromatic heterocycles. The highest BCUT2D eigenvalue weighted by Gasteiger charge is 2.38. The molecule has 0 radical (unpaired) electrons. The monoisotopic (exact) mass is 298 g/mol. The Morgan fingerprint density at radius 1 is 1.50 bits per heavy atom. The number of aromatic nitrogens is 1. The van der Waals surface area contributed by atoms with Crippen LogP contribution in [0.25, 0.3) is 10.9 Å². The van der Waals surface area contributed by atoms with E-state index in [1.165, 1.54) is 0 Å². The molecule has 0 bridgehead atoms. The Labute approximate surface area is 128 Å². The van der Waals surface area contributed by atoms with Crippen LogP contribution in [0.4, 0.5) is 10.5 Å². The number of carbonyl (C=O) groups excluding carboxylic acids is 1. The predicted octanol–water partition coefficient (Wildman–Crippen LogP) is 2.06. The first-order valence-corrected chi connectivity index (χ1v) is 7.22. The molecule has 2 N–H and O–H groups in total. The van der Waals surface area contributed by atoms with Crippen LogP contribution in [0.3, 0.4) is 0 Å². The summed E-state index contributed by atoms with van der Waals surface area (Å²) in [7, 11) is 1.95. The molecule has 2 amide bonds. The molecule has 3 rings (SSSR count). The van der Waals surface area contributed by atoms with Gasteiger partial charge in [-0.3, -0.25) is 0 Å².